The van der Waals surface area contributed by atoms with Crippen LogP contribution in [-0.4, -0.2) is 25.7 Å². The van der Waals surface area contributed by atoms with E-state index in [1.807, 2.05) is 0 Å². The standard InChI is InChI=1S/C11H12ClF3N2O2/c1-19-5-9(16)10(18)17-6-2-3-8(12)7(4-6)11(13,14)15/h2-4,9H,5,16H2,1H3,(H,17,18). The summed E-state index contributed by atoms with van der Waals surface area (Å²) in [6, 6.07) is 2.10. The Labute approximate surface area is 112 Å². The Bertz CT molecular complexity index is 466. The lowest BCUT2D eigenvalue weighted by Crippen LogP contribution is -2.39. The second-order valence-electron chi connectivity index (χ2n) is 3.74. The van der Waals surface area contributed by atoms with Crippen LogP contribution in [0.25, 0.3) is 0 Å². The number of rotatable bonds is 4. The fourth-order valence-corrected chi connectivity index (χ4v) is 1.54. The molecule has 0 heterocycles. The molecule has 1 amide bonds. The molecule has 106 valence electrons. The summed E-state index contributed by atoms with van der Waals surface area (Å²) >= 11 is 5.45. The van der Waals surface area contributed by atoms with Gasteiger partial charge in [0.15, 0.2) is 0 Å². The van der Waals surface area contributed by atoms with E-state index in [1.54, 1.807) is 0 Å². The lowest BCUT2D eigenvalue weighted by Gasteiger charge is -2.14. The number of methoxy groups -OCH3 is 1. The van der Waals surface area contributed by atoms with E-state index in [0.717, 1.165) is 12.1 Å². The zero-order valence-corrected chi connectivity index (χ0v) is 10.7. The molecular weight excluding hydrogens is 285 g/mol. The topological polar surface area (TPSA) is 64.3 Å². The Balaban J connectivity index is 2.89. The number of benzene rings is 1. The zero-order chi connectivity index (χ0) is 14.6. The Hall–Kier alpha value is -1.31. The molecule has 0 spiro atoms. The van der Waals surface area contributed by atoms with E-state index in [0.29, 0.717) is 0 Å². The molecule has 0 radical (unpaired) electrons. The molecule has 1 rings (SSSR count). The molecule has 0 bridgehead atoms. The molecule has 0 fully saturated rings. The van der Waals surface area contributed by atoms with E-state index >= 15 is 0 Å². The van der Waals surface area contributed by atoms with E-state index in [9.17, 15) is 18.0 Å². The van der Waals surface area contributed by atoms with Crippen LogP contribution in [0.15, 0.2) is 18.2 Å². The van der Waals surface area contributed by atoms with Crippen molar-refractivity contribution in [3.63, 3.8) is 0 Å². The third-order valence-electron chi connectivity index (χ3n) is 2.22. The smallest absolute Gasteiger partial charge is 0.383 e. The number of amides is 1. The van der Waals surface area contributed by atoms with E-state index < -0.39 is 28.7 Å². The number of nitrogens with one attached hydrogen (secondary N) is 1. The Kier molecular flexibility index (Phi) is 5.16. The molecular formula is C11H12ClF3N2O2. The molecule has 1 aromatic carbocycles. The molecule has 8 heteroatoms. The third-order valence-corrected chi connectivity index (χ3v) is 2.55. The highest BCUT2D eigenvalue weighted by Gasteiger charge is 2.33. The van der Waals surface area contributed by atoms with Crippen molar-refractivity contribution in [2.24, 2.45) is 5.73 Å². The van der Waals surface area contributed by atoms with Gasteiger partial charge in [0.05, 0.1) is 17.2 Å². The molecule has 3 N–H and O–H groups in total. The molecule has 1 unspecified atom stereocenters. The molecule has 0 aromatic heterocycles. The van der Waals surface area contributed by atoms with Crippen LogP contribution in [0.2, 0.25) is 5.02 Å². The first-order valence-electron chi connectivity index (χ1n) is 5.18. The second kappa shape index (κ2) is 6.23. The molecule has 1 atom stereocenters. The summed E-state index contributed by atoms with van der Waals surface area (Å²) in [5.41, 5.74) is 4.39. The van der Waals surface area contributed by atoms with Crippen LogP contribution in [0, 0.1) is 0 Å². The SMILES string of the molecule is COCC(N)C(=O)Nc1ccc(Cl)c(C(F)(F)F)c1. The molecule has 19 heavy (non-hydrogen) atoms. The van der Waals surface area contributed by atoms with Crippen molar-refractivity contribution < 1.29 is 22.7 Å². The summed E-state index contributed by atoms with van der Waals surface area (Å²) in [6.45, 7) is -0.0362. The fraction of sp³-hybridized carbons (Fsp3) is 0.364. The molecule has 0 saturated heterocycles. The molecule has 0 saturated carbocycles. The lowest BCUT2D eigenvalue weighted by molar-refractivity contribution is -0.137. The van der Waals surface area contributed by atoms with Crippen LogP contribution < -0.4 is 11.1 Å². The second-order valence-corrected chi connectivity index (χ2v) is 4.15. The number of ether oxygens (including phenoxy) is 1. The van der Waals surface area contributed by atoms with Crippen molar-refractivity contribution in [2.45, 2.75) is 12.2 Å². The Morgan fingerprint density at radius 1 is 1.53 bits per heavy atom. The molecule has 4 nitrogen and oxygen atoms in total. The van der Waals surface area contributed by atoms with E-state index in [2.05, 4.69) is 10.1 Å². The van der Waals surface area contributed by atoms with Crippen molar-refractivity contribution in [3.05, 3.63) is 28.8 Å². The van der Waals surface area contributed by atoms with Crippen LogP contribution in [0.3, 0.4) is 0 Å². The van der Waals surface area contributed by atoms with Gasteiger partial charge in [-0.05, 0) is 18.2 Å². The highest BCUT2D eigenvalue weighted by molar-refractivity contribution is 6.31. The van der Waals surface area contributed by atoms with Gasteiger partial charge in [0, 0.05) is 12.8 Å². The van der Waals surface area contributed by atoms with E-state index in [4.69, 9.17) is 17.3 Å². The Morgan fingerprint density at radius 3 is 2.68 bits per heavy atom. The number of carbonyl (C=O) groups excluding carboxylic acids is 1. The minimum atomic E-state index is -4.59. The van der Waals surface area contributed by atoms with E-state index in [1.165, 1.54) is 13.2 Å². The number of hydrogen-bond donors (Lipinski definition) is 2. The number of alkyl halides is 3. The normalized spacial score (nSPS) is 13.2. The first-order chi connectivity index (χ1) is 8.75. The predicted molar refractivity (Wildman–Crippen MR) is 64.9 cm³/mol. The maximum absolute atomic E-state index is 12.6. The predicted octanol–water partition coefficient (Wildman–Crippen LogP) is 2.27. The summed E-state index contributed by atoms with van der Waals surface area (Å²) in [6.07, 6.45) is -4.59. The third kappa shape index (κ3) is 4.38. The van der Waals surface area contributed by atoms with Crippen molar-refractivity contribution >= 4 is 23.2 Å². The summed E-state index contributed by atoms with van der Waals surface area (Å²) in [4.78, 5) is 11.5. The van der Waals surface area contributed by atoms with Gasteiger partial charge in [0.2, 0.25) is 5.91 Å². The van der Waals surface area contributed by atoms with Gasteiger partial charge in [0.25, 0.3) is 0 Å². The van der Waals surface area contributed by atoms with Gasteiger partial charge in [-0.1, -0.05) is 11.6 Å². The quantitative estimate of drug-likeness (QED) is 0.896. The van der Waals surface area contributed by atoms with Crippen LogP contribution in [0.4, 0.5) is 18.9 Å². The van der Waals surface area contributed by atoms with Crippen molar-refractivity contribution in [3.8, 4) is 0 Å². The first kappa shape index (κ1) is 15.7. The summed E-state index contributed by atoms with van der Waals surface area (Å²) in [5, 5.41) is 1.83. The summed E-state index contributed by atoms with van der Waals surface area (Å²) in [5.74, 6) is -0.641. The van der Waals surface area contributed by atoms with Crippen molar-refractivity contribution in [1.29, 1.82) is 0 Å². The average Bonchev–Trinajstić information content (AvgIpc) is 2.30. The van der Waals surface area contributed by atoms with Crippen molar-refractivity contribution in [2.75, 3.05) is 19.0 Å². The summed E-state index contributed by atoms with van der Waals surface area (Å²) in [7, 11) is 1.36. The number of carbonyl (C=O) groups is 1. The highest BCUT2D eigenvalue weighted by atomic mass is 35.5. The van der Waals surface area contributed by atoms with Gasteiger partial charge in [0.1, 0.15) is 6.04 Å². The monoisotopic (exact) mass is 296 g/mol. The van der Waals surface area contributed by atoms with Crippen LogP contribution in [0.5, 0.6) is 0 Å². The number of anilines is 1. The van der Waals surface area contributed by atoms with Crippen LogP contribution in [0.1, 0.15) is 5.56 Å². The minimum absolute atomic E-state index is 0.0340. The van der Waals surface area contributed by atoms with Crippen LogP contribution in [-0.2, 0) is 15.7 Å². The van der Waals surface area contributed by atoms with Crippen LogP contribution >= 0.6 is 11.6 Å². The lowest BCUT2D eigenvalue weighted by atomic mass is 10.2. The van der Waals surface area contributed by atoms with Gasteiger partial charge in [-0.2, -0.15) is 13.2 Å². The number of hydrogen-bond acceptors (Lipinski definition) is 3. The highest BCUT2D eigenvalue weighted by Crippen LogP contribution is 2.36. The fourth-order valence-electron chi connectivity index (χ4n) is 1.31. The van der Waals surface area contributed by atoms with Crippen molar-refractivity contribution in [1.82, 2.24) is 0 Å². The van der Waals surface area contributed by atoms with Gasteiger partial charge < -0.3 is 15.8 Å². The maximum atomic E-state index is 12.6. The Morgan fingerprint density at radius 2 is 2.16 bits per heavy atom. The van der Waals surface area contributed by atoms with E-state index in [-0.39, 0.29) is 12.3 Å². The van der Waals surface area contributed by atoms with Gasteiger partial charge in [-0.15, -0.1) is 0 Å². The van der Waals surface area contributed by atoms with Gasteiger partial charge in [-0.25, -0.2) is 0 Å². The summed E-state index contributed by atoms with van der Waals surface area (Å²) < 4.78 is 42.5. The molecule has 1 aromatic rings. The minimum Gasteiger partial charge on any atom is -0.383 e. The van der Waals surface area contributed by atoms with Gasteiger partial charge >= 0.3 is 6.18 Å². The zero-order valence-electron chi connectivity index (χ0n) is 9.92. The average molecular weight is 297 g/mol. The number of halogens is 4. The maximum Gasteiger partial charge on any atom is 0.417 e. The molecule has 0 aliphatic carbocycles. The molecule has 0 aliphatic heterocycles. The number of nitrogens with two attached hydrogens (primary N) is 1. The first-order valence-corrected chi connectivity index (χ1v) is 5.55. The largest absolute Gasteiger partial charge is 0.417 e. The molecule has 0 aliphatic rings. The van der Waals surface area contributed by atoms with Gasteiger partial charge in [-0.3, -0.25) is 4.79 Å².